The zero-order valence-electron chi connectivity index (χ0n) is 17.2. The minimum atomic E-state index is -0.127. The minimum absolute atomic E-state index is 0.0458. The van der Waals surface area contributed by atoms with E-state index < -0.39 is 0 Å². The third-order valence-electron chi connectivity index (χ3n) is 4.92. The Kier molecular flexibility index (Phi) is 4.96. The van der Waals surface area contributed by atoms with Gasteiger partial charge in [-0.1, -0.05) is 65.8 Å². The maximum Gasteiger partial charge on any atom is 0.130 e. The molecule has 2 aromatic rings. The Morgan fingerprint density at radius 2 is 1.44 bits per heavy atom. The van der Waals surface area contributed by atoms with Gasteiger partial charge in [0.05, 0.1) is 7.11 Å². The molecule has 2 heteroatoms. The van der Waals surface area contributed by atoms with E-state index in [1.807, 2.05) is 18.2 Å². The van der Waals surface area contributed by atoms with Crippen LogP contribution in [0, 0.1) is 13.8 Å². The monoisotopic (exact) mass is 340 g/mol. The number of aromatic hydroxyl groups is 1. The highest BCUT2D eigenvalue weighted by atomic mass is 16.5. The number of ether oxygens (including phenoxy) is 1. The van der Waals surface area contributed by atoms with E-state index >= 15 is 0 Å². The van der Waals surface area contributed by atoms with Crippen molar-refractivity contribution in [2.75, 3.05) is 7.11 Å². The van der Waals surface area contributed by atoms with E-state index in [9.17, 15) is 5.11 Å². The molecule has 2 aromatic carbocycles. The van der Waals surface area contributed by atoms with Crippen molar-refractivity contribution >= 4 is 0 Å². The highest BCUT2D eigenvalue weighted by molar-refractivity contribution is 5.82. The molecule has 0 spiro atoms. The standard InChI is InChI=1S/C23H32O2/c1-14-13-18(23(6,7)8)21(25-9)19(15(14)2)16-11-10-12-17(20(16)24)22(3,4)5/h10-13,24H,1-9H3. The summed E-state index contributed by atoms with van der Waals surface area (Å²) in [5.74, 6) is 1.21. The van der Waals surface area contributed by atoms with E-state index in [2.05, 4.69) is 61.5 Å². The Labute approximate surface area is 152 Å². The van der Waals surface area contributed by atoms with Crippen LogP contribution in [0.4, 0.5) is 0 Å². The second kappa shape index (κ2) is 6.40. The molecule has 0 unspecified atom stereocenters. The van der Waals surface area contributed by atoms with Crippen LogP contribution in [0.2, 0.25) is 0 Å². The fourth-order valence-electron chi connectivity index (χ4n) is 3.34. The van der Waals surface area contributed by atoms with Crippen LogP contribution in [0.1, 0.15) is 63.8 Å². The molecule has 0 bridgehead atoms. The Hall–Kier alpha value is -1.96. The van der Waals surface area contributed by atoms with Crippen LogP contribution < -0.4 is 4.74 Å². The molecule has 2 nitrogen and oxygen atoms in total. The number of methoxy groups -OCH3 is 1. The van der Waals surface area contributed by atoms with Gasteiger partial charge in [-0.05, 0) is 41.4 Å². The molecule has 0 saturated heterocycles. The summed E-state index contributed by atoms with van der Waals surface area (Å²) < 4.78 is 5.86. The molecule has 0 aliphatic rings. The molecule has 0 atom stereocenters. The summed E-state index contributed by atoms with van der Waals surface area (Å²) in [6, 6.07) is 8.22. The van der Waals surface area contributed by atoms with E-state index in [-0.39, 0.29) is 10.8 Å². The van der Waals surface area contributed by atoms with Crippen molar-refractivity contribution in [1.29, 1.82) is 0 Å². The molecule has 0 fully saturated rings. The van der Waals surface area contributed by atoms with Crippen LogP contribution in [0.25, 0.3) is 11.1 Å². The van der Waals surface area contributed by atoms with Gasteiger partial charge >= 0.3 is 0 Å². The maximum atomic E-state index is 11.1. The molecule has 1 N–H and O–H groups in total. The van der Waals surface area contributed by atoms with Crippen LogP contribution in [0.3, 0.4) is 0 Å². The number of phenols is 1. The third-order valence-corrected chi connectivity index (χ3v) is 4.92. The second-order valence-corrected chi connectivity index (χ2v) is 8.98. The summed E-state index contributed by atoms with van der Waals surface area (Å²) in [4.78, 5) is 0. The number of hydrogen-bond acceptors (Lipinski definition) is 2. The molecule has 0 amide bonds. The number of hydrogen-bond donors (Lipinski definition) is 1. The van der Waals surface area contributed by atoms with Crippen molar-refractivity contribution in [3.05, 3.63) is 46.5 Å². The molecule has 0 heterocycles. The van der Waals surface area contributed by atoms with Gasteiger partial charge in [0, 0.05) is 16.7 Å². The summed E-state index contributed by atoms with van der Waals surface area (Å²) >= 11 is 0. The van der Waals surface area contributed by atoms with Crippen molar-refractivity contribution in [3.63, 3.8) is 0 Å². The fraction of sp³-hybridized carbons (Fsp3) is 0.478. The predicted molar refractivity (Wildman–Crippen MR) is 107 cm³/mol. The number of benzene rings is 2. The van der Waals surface area contributed by atoms with E-state index in [0.29, 0.717) is 5.75 Å². The summed E-state index contributed by atoms with van der Waals surface area (Å²) in [7, 11) is 1.72. The van der Waals surface area contributed by atoms with E-state index in [1.54, 1.807) is 7.11 Å². The normalized spacial score (nSPS) is 12.4. The molecule has 0 radical (unpaired) electrons. The van der Waals surface area contributed by atoms with Crippen LogP contribution >= 0.6 is 0 Å². The highest BCUT2D eigenvalue weighted by Crippen LogP contribution is 2.47. The van der Waals surface area contributed by atoms with Crippen LogP contribution in [0.15, 0.2) is 24.3 Å². The van der Waals surface area contributed by atoms with Gasteiger partial charge in [-0.25, -0.2) is 0 Å². The SMILES string of the molecule is COc1c(C(C)(C)C)cc(C)c(C)c1-c1cccc(C(C)(C)C)c1O. The van der Waals surface area contributed by atoms with Crippen LogP contribution in [0.5, 0.6) is 11.5 Å². The zero-order chi connectivity index (χ0) is 19.2. The third kappa shape index (κ3) is 3.53. The van der Waals surface area contributed by atoms with Crippen molar-refractivity contribution in [2.24, 2.45) is 0 Å². The number of aryl methyl sites for hydroxylation is 1. The molecule has 0 aliphatic heterocycles. The van der Waals surface area contributed by atoms with E-state index in [0.717, 1.165) is 33.6 Å². The highest BCUT2D eigenvalue weighted by Gasteiger charge is 2.27. The summed E-state index contributed by atoms with van der Waals surface area (Å²) in [5.41, 5.74) is 6.13. The lowest BCUT2D eigenvalue weighted by molar-refractivity contribution is 0.398. The average Bonchev–Trinajstić information content (AvgIpc) is 2.48. The van der Waals surface area contributed by atoms with Gasteiger partial charge in [0.2, 0.25) is 0 Å². The molecule has 0 saturated carbocycles. The quantitative estimate of drug-likeness (QED) is 0.697. The molecule has 25 heavy (non-hydrogen) atoms. The molecular weight excluding hydrogens is 308 g/mol. The largest absolute Gasteiger partial charge is 0.507 e. The lowest BCUT2D eigenvalue weighted by atomic mass is 9.79. The maximum absolute atomic E-state index is 11.1. The number of para-hydroxylation sites is 1. The van der Waals surface area contributed by atoms with Gasteiger partial charge < -0.3 is 9.84 Å². The van der Waals surface area contributed by atoms with E-state index in [4.69, 9.17) is 4.74 Å². The first-order chi connectivity index (χ1) is 11.4. The topological polar surface area (TPSA) is 29.5 Å². The molecule has 0 aromatic heterocycles. The van der Waals surface area contributed by atoms with Gasteiger partial charge in [-0.15, -0.1) is 0 Å². The van der Waals surface area contributed by atoms with Gasteiger partial charge in [0.25, 0.3) is 0 Å². The molecular formula is C23H32O2. The number of rotatable bonds is 2. The Balaban J connectivity index is 2.91. The Morgan fingerprint density at radius 3 is 1.92 bits per heavy atom. The Bertz CT molecular complexity index is 787. The van der Waals surface area contributed by atoms with Crippen molar-refractivity contribution in [2.45, 2.75) is 66.2 Å². The fourth-order valence-corrected chi connectivity index (χ4v) is 3.34. The Morgan fingerprint density at radius 1 is 0.880 bits per heavy atom. The first-order valence-electron chi connectivity index (χ1n) is 8.91. The first-order valence-corrected chi connectivity index (χ1v) is 8.91. The van der Waals surface area contributed by atoms with Gasteiger partial charge in [0.15, 0.2) is 0 Å². The lowest BCUT2D eigenvalue weighted by Crippen LogP contribution is -2.15. The summed E-state index contributed by atoms with van der Waals surface area (Å²) in [6.45, 7) is 17.1. The van der Waals surface area contributed by atoms with Crippen molar-refractivity contribution in [3.8, 4) is 22.6 Å². The smallest absolute Gasteiger partial charge is 0.130 e. The lowest BCUT2D eigenvalue weighted by Gasteiger charge is -2.28. The predicted octanol–water partition coefficient (Wildman–Crippen LogP) is 6.28. The molecule has 136 valence electrons. The summed E-state index contributed by atoms with van der Waals surface area (Å²) in [5, 5.41) is 11.1. The zero-order valence-corrected chi connectivity index (χ0v) is 17.2. The van der Waals surface area contributed by atoms with Crippen molar-refractivity contribution < 1.29 is 9.84 Å². The number of phenolic OH excluding ortho intramolecular Hbond substituents is 1. The average molecular weight is 341 g/mol. The summed E-state index contributed by atoms with van der Waals surface area (Å²) in [6.07, 6.45) is 0. The molecule has 0 aliphatic carbocycles. The van der Waals surface area contributed by atoms with E-state index in [1.165, 1.54) is 5.56 Å². The van der Waals surface area contributed by atoms with Gasteiger partial charge in [-0.2, -0.15) is 0 Å². The van der Waals surface area contributed by atoms with Gasteiger partial charge in [-0.3, -0.25) is 0 Å². The van der Waals surface area contributed by atoms with Crippen molar-refractivity contribution in [1.82, 2.24) is 0 Å². The second-order valence-electron chi connectivity index (χ2n) is 8.98. The molecule has 2 rings (SSSR count). The minimum Gasteiger partial charge on any atom is -0.507 e. The van der Waals surface area contributed by atoms with Gasteiger partial charge in [0.1, 0.15) is 11.5 Å². The van der Waals surface area contributed by atoms with Crippen LogP contribution in [-0.4, -0.2) is 12.2 Å². The van der Waals surface area contributed by atoms with Crippen LogP contribution in [-0.2, 0) is 10.8 Å². The first kappa shape index (κ1) is 19.4.